The number of halogens is 3. The van der Waals surface area contributed by atoms with Crippen molar-refractivity contribution >= 4 is 40.4 Å². The number of nitrogens with zero attached hydrogens (tertiary/aromatic N) is 2. The fraction of sp³-hybridized carbons (Fsp3) is 0.188. The van der Waals surface area contributed by atoms with E-state index in [1.54, 1.807) is 12.1 Å². The number of benzene rings is 1. The van der Waals surface area contributed by atoms with E-state index in [0.717, 1.165) is 28.2 Å². The topological polar surface area (TPSA) is 17.3 Å². The summed E-state index contributed by atoms with van der Waals surface area (Å²) in [6, 6.07) is 9.46. The van der Waals surface area contributed by atoms with Crippen LogP contribution < -0.4 is 0 Å². The molecule has 2 aromatic heterocycles. The van der Waals surface area contributed by atoms with Gasteiger partial charge in [-0.1, -0.05) is 23.2 Å². The Balaban J connectivity index is 2.33. The average Bonchev–Trinajstić information content (AvgIpc) is 2.76. The summed E-state index contributed by atoms with van der Waals surface area (Å²) in [5.74, 6) is 0. The number of rotatable bonds is 2. The zero-order chi connectivity index (χ0) is 15.1. The van der Waals surface area contributed by atoms with E-state index in [1.807, 2.05) is 42.6 Å². The van der Waals surface area contributed by atoms with Crippen LogP contribution in [0.15, 0.2) is 36.5 Å². The Morgan fingerprint density at radius 3 is 2.57 bits per heavy atom. The second-order valence-corrected chi connectivity index (χ2v) is 6.52. The van der Waals surface area contributed by atoms with E-state index in [0.29, 0.717) is 10.0 Å². The van der Waals surface area contributed by atoms with Crippen molar-refractivity contribution in [2.24, 2.45) is 0 Å². The first-order valence-electron chi connectivity index (χ1n) is 6.55. The zero-order valence-electron chi connectivity index (χ0n) is 11.6. The summed E-state index contributed by atoms with van der Waals surface area (Å²) in [5, 5.41) is 0.981. The molecule has 0 N–H and O–H groups in total. The molecule has 0 saturated heterocycles. The normalized spacial score (nSPS) is 12.8. The Kier molecular flexibility index (Phi) is 3.87. The van der Waals surface area contributed by atoms with E-state index in [1.165, 1.54) is 0 Å². The Labute approximate surface area is 138 Å². The van der Waals surface area contributed by atoms with Crippen LogP contribution in [0.1, 0.15) is 23.6 Å². The molecule has 5 heteroatoms. The van der Waals surface area contributed by atoms with Crippen LogP contribution in [0.2, 0.25) is 10.0 Å². The molecule has 0 spiro atoms. The van der Waals surface area contributed by atoms with Crippen LogP contribution in [-0.2, 0) is 0 Å². The highest BCUT2D eigenvalue weighted by atomic mass is 35.5. The lowest BCUT2D eigenvalue weighted by Crippen LogP contribution is -1.95. The quantitative estimate of drug-likeness (QED) is 0.530. The molecule has 0 saturated carbocycles. The van der Waals surface area contributed by atoms with Crippen LogP contribution in [0.3, 0.4) is 0 Å². The highest BCUT2D eigenvalue weighted by molar-refractivity contribution is 6.36. The van der Waals surface area contributed by atoms with Crippen molar-refractivity contribution in [3.8, 4) is 11.3 Å². The van der Waals surface area contributed by atoms with Gasteiger partial charge in [-0.15, -0.1) is 11.6 Å². The average molecular weight is 340 g/mol. The first-order valence-corrected chi connectivity index (χ1v) is 7.74. The van der Waals surface area contributed by atoms with Gasteiger partial charge in [0.05, 0.1) is 21.8 Å². The van der Waals surface area contributed by atoms with Gasteiger partial charge in [-0.25, -0.2) is 4.98 Å². The lowest BCUT2D eigenvalue weighted by atomic mass is 10.1. The third kappa shape index (κ3) is 2.64. The van der Waals surface area contributed by atoms with Crippen LogP contribution in [0.25, 0.3) is 16.9 Å². The van der Waals surface area contributed by atoms with Crippen molar-refractivity contribution in [1.29, 1.82) is 0 Å². The molecule has 0 fully saturated rings. The summed E-state index contributed by atoms with van der Waals surface area (Å²) < 4.78 is 2.00. The summed E-state index contributed by atoms with van der Waals surface area (Å²) in [6.07, 6.45) is 1.99. The van der Waals surface area contributed by atoms with Crippen LogP contribution in [0.5, 0.6) is 0 Å². The third-order valence-corrected chi connectivity index (χ3v) is 4.14. The van der Waals surface area contributed by atoms with E-state index in [-0.39, 0.29) is 5.38 Å². The van der Waals surface area contributed by atoms with E-state index in [9.17, 15) is 0 Å². The van der Waals surface area contributed by atoms with Gasteiger partial charge in [-0.3, -0.25) is 0 Å². The number of imidazole rings is 1. The zero-order valence-corrected chi connectivity index (χ0v) is 13.8. The highest BCUT2D eigenvalue weighted by Crippen LogP contribution is 2.36. The number of pyridine rings is 1. The van der Waals surface area contributed by atoms with Gasteiger partial charge < -0.3 is 4.40 Å². The highest BCUT2D eigenvalue weighted by Gasteiger charge is 2.19. The van der Waals surface area contributed by atoms with Gasteiger partial charge >= 0.3 is 0 Å². The second kappa shape index (κ2) is 5.53. The molecule has 3 aromatic rings. The predicted molar refractivity (Wildman–Crippen MR) is 89.7 cm³/mol. The third-order valence-electron chi connectivity index (χ3n) is 3.38. The van der Waals surface area contributed by atoms with Gasteiger partial charge in [0.2, 0.25) is 0 Å². The molecule has 0 amide bonds. The standard InChI is InChI=1S/C16H13Cl3N2/c1-9-5-6-21-14(7-9)20-15(16(21)10(2)17)12-4-3-11(18)8-13(12)19/h3-8,10H,1-2H3. The number of aromatic nitrogens is 2. The van der Waals surface area contributed by atoms with Gasteiger partial charge in [-0.05, 0) is 49.7 Å². The Hall–Kier alpha value is -1.22. The SMILES string of the molecule is Cc1ccn2c(C(C)Cl)c(-c3ccc(Cl)cc3Cl)nc2c1. The summed E-state index contributed by atoms with van der Waals surface area (Å²) in [7, 11) is 0. The Bertz CT molecular complexity index is 822. The number of hydrogen-bond acceptors (Lipinski definition) is 1. The van der Waals surface area contributed by atoms with Gasteiger partial charge in [-0.2, -0.15) is 0 Å². The van der Waals surface area contributed by atoms with Crippen molar-refractivity contribution in [1.82, 2.24) is 9.38 Å². The van der Waals surface area contributed by atoms with Crippen LogP contribution in [0, 0.1) is 6.92 Å². The first kappa shape index (κ1) is 14.7. The molecule has 1 atom stereocenters. The molecule has 1 unspecified atom stereocenters. The van der Waals surface area contributed by atoms with Crippen molar-refractivity contribution in [2.45, 2.75) is 19.2 Å². The number of fused-ring (bicyclic) bond motifs is 1. The minimum absolute atomic E-state index is 0.190. The first-order chi connectivity index (χ1) is 9.97. The van der Waals surface area contributed by atoms with E-state index >= 15 is 0 Å². The largest absolute Gasteiger partial charge is 0.302 e. The molecular formula is C16H13Cl3N2. The lowest BCUT2D eigenvalue weighted by molar-refractivity contribution is 0.963. The van der Waals surface area contributed by atoms with Crippen molar-refractivity contribution in [3.63, 3.8) is 0 Å². The molecule has 0 aliphatic rings. The van der Waals surface area contributed by atoms with Gasteiger partial charge in [0.1, 0.15) is 5.65 Å². The number of aryl methyl sites for hydroxylation is 1. The van der Waals surface area contributed by atoms with Crippen LogP contribution in [0.4, 0.5) is 0 Å². The lowest BCUT2D eigenvalue weighted by Gasteiger charge is -2.08. The van der Waals surface area contributed by atoms with Crippen molar-refractivity contribution in [2.75, 3.05) is 0 Å². The molecule has 3 rings (SSSR count). The monoisotopic (exact) mass is 338 g/mol. The fourth-order valence-electron chi connectivity index (χ4n) is 2.43. The van der Waals surface area contributed by atoms with Gasteiger partial charge in [0.25, 0.3) is 0 Å². The van der Waals surface area contributed by atoms with Crippen molar-refractivity contribution in [3.05, 3.63) is 57.8 Å². The molecule has 0 radical (unpaired) electrons. The van der Waals surface area contributed by atoms with Crippen LogP contribution in [-0.4, -0.2) is 9.38 Å². The molecule has 21 heavy (non-hydrogen) atoms. The molecule has 2 nitrogen and oxygen atoms in total. The smallest absolute Gasteiger partial charge is 0.137 e. The summed E-state index contributed by atoms with van der Waals surface area (Å²) in [4.78, 5) is 4.71. The molecule has 108 valence electrons. The molecule has 2 heterocycles. The predicted octanol–water partition coefficient (Wildman–Crippen LogP) is 5.92. The van der Waals surface area contributed by atoms with E-state index < -0.39 is 0 Å². The Morgan fingerprint density at radius 2 is 1.90 bits per heavy atom. The Morgan fingerprint density at radius 1 is 1.14 bits per heavy atom. The van der Waals surface area contributed by atoms with Crippen LogP contribution >= 0.6 is 34.8 Å². The minimum atomic E-state index is -0.190. The number of alkyl halides is 1. The molecule has 0 bridgehead atoms. The minimum Gasteiger partial charge on any atom is -0.302 e. The van der Waals surface area contributed by atoms with E-state index in [2.05, 4.69) is 0 Å². The van der Waals surface area contributed by atoms with Crippen molar-refractivity contribution < 1.29 is 0 Å². The second-order valence-electron chi connectivity index (χ2n) is 5.02. The number of hydrogen-bond donors (Lipinski definition) is 0. The maximum Gasteiger partial charge on any atom is 0.137 e. The molecule has 1 aromatic carbocycles. The molecule has 0 aliphatic heterocycles. The fourth-order valence-corrected chi connectivity index (χ4v) is 3.13. The molecule has 0 aliphatic carbocycles. The van der Waals surface area contributed by atoms with Gasteiger partial charge in [0, 0.05) is 16.8 Å². The van der Waals surface area contributed by atoms with E-state index in [4.69, 9.17) is 39.8 Å². The summed E-state index contributed by atoms with van der Waals surface area (Å²) in [5.41, 5.74) is 4.57. The maximum absolute atomic E-state index is 6.37. The maximum atomic E-state index is 6.37. The molecular weight excluding hydrogens is 327 g/mol. The summed E-state index contributed by atoms with van der Waals surface area (Å²) >= 11 is 18.7. The summed E-state index contributed by atoms with van der Waals surface area (Å²) in [6.45, 7) is 3.96. The van der Waals surface area contributed by atoms with Gasteiger partial charge in [0.15, 0.2) is 0 Å².